The highest BCUT2D eigenvalue weighted by Gasteiger charge is 2.22. The number of fused-ring (bicyclic) bond motifs is 1. The minimum Gasteiger partial charge on any atom is -0.360 e. The number of thiazole rings is 1. The van der Waals surface area contributed by atoms with Crippen molar-refractivity contribution in [2.75, 3.05) is 31.1 Å². The van der Waals surface area contributed by atoms with Gasteiger partial charge >= 0.3 is 0 Å². The summed E-state index contributed by atoms with van der Waals surface area (Å²) < 4.78 is 1.61. The van der Waals surface area contributed by atoms with Crippen molar-refractivity contribution in [3.05, 3.63) is 63.0 Å². The molecule has 0 amide bonds. The molecule has 0 radical (unpaired) electrons. The van der Waals surface area contributed by atoms with Gasteiger partial charge < -0.3 is 9.80 Å². The predicted molar refractivity (Wildman–Crippen MR) is 102 cm³/mol. The smallest absolute Gasteiger partial charge is 0.258 e. The molecule has 1 N–H and O–H groups in total. The Morgan fingerprint density at radius 3 is 2.84 bits per heavy atom. The molecule has 0 spiro atoms. The summed E-state index contributed by atoms with van der Waals surface area (Å²) >= 11 is 1.51. The zero-order valence-corrected chi connectivity index (χ0v) is 15.5. The largest absolute Gasteiger partial charge is 0.360 e. The molecule has 3 heterocycles. The Bertz CT molecular complexity index is 953. The van der Waals surface area contributed by atoms with Gasteiger partial charge in [-0.25, -0.2) is 4.98 Å². The van der Waals surface area contributed by atoms with Crippen molar-refractivity contribution >= 4 is 22.0 Å². The van der Waals surface area contributed by atoms with E-state index < -0.39 is 0 Å². The third kappa shape index (κ3) is 3.19. The summed E-state index contributed by atoms with van der Waals surface area (Å²) in [6.45, 7) is 9.42. The maximum absolute atomic E-state index is 12.1. The first-order valence-electron chi connectivity index (χ1n) is 8.72. The van der Waals surface area contributed by atoms with E-state index in [2.05, 4.69) is 41.9 Å². The Kier molecular flexibility index (Phi) is 4.31. The van der Waals surface area contributed by atoms with E-state index >= 15 is 0 Å². The minimum absolute atomic E-state index is 0.0228. The second-order valence-corrected chi connectivity index (χ2v) is 7.65. The molecule has 1 fully saturated rings. The average Bonchev–Trinajstić information content (AvgIpc) is 3.07. The van der Waals surface area contributed by atoms with Gasteiger partial charge in [-0.15, -0.1) is 11.3 Å². The quantitative estimate of drug-likeness (QED) is 0.770. The maximum atomic E-state index is 12.1. The first kappa shape index (κ1) is 16.3. The number of hydrogen-bond donors (Lipinski definition) is 1. The van der Waals surface area contributed by atoms with E-state index in [1.54, 1.807) is 16.7 Å². The van der Waals surface area contributed by atoms with Gasteiger partial charge in [0.2, 0.25) is 0 Å². The van der Waals surface area contributed by atoms with E-state index in [9.17, 15) is 4.79 Å². The monoisotopic (exact) mass is 355 g/mol. The number of nitrogens with one attached hydrogen (secondary N) is 1. The van der Waals surface area contributed by atoms with Crippen LogP contribution < -0.4 is 15.4 Å². The second kappa shape index (κ2) is 6.61. The molecule has 0 saturated carbocycles. The molecule has 0 atom stereocenters. The number of rotatable bonds is 3. The molecule has 5 nitrogen and oxygen atoms in total. The molecule has 0 unspecified atom stereocenters. The molecule has 130 valence electrons. The molecule has 25 heavy (non-hydrogen) atoms. The Balaban J connectivity index is 1.45. The van der Waals surface area contributed by atoms with Crippen LogP contribution in [0.1, 0.15) is 16.8 Å². The van der Waals surface area contributed by atoms with Crippen molar-refractivity contribution in [1.82, 2.24) is 9.38 Å². The fourth-order valence-electron chi connectivity index (χ4n) is 3.55. The molecule has 1 saturated heterocycles. The number of hydrogen-bond acceptors (Lipinski definition) is 4. The lowest BCUT2D eigenvalue weighted by Gasteiger charge is -2.34. The van der Waals surface area contributed by atoms with Crippen LogP contribution in [0.25, 0.3) is 4.96 Å². The average molecular weight is 355 g/mol. The number of piperazine rings is 1. The van der Waals surface area contributed by atoms with Gasteiger partial charge in [-0.2, -0.15) is 0 Å². The molecule has 1 aromatic carbocycles. The standard InChI is InChI=1S/C19H22N4OS/c1-14-4-3-5-17(15(14)2)22-8-6-21(7-9-22)13-16-12-18(24)23-10-11-25-19(23)20-16/h3-5,10-12H,6-9,13H2,1-2H3/p+1. The number of quaternary nitrogens is 1. The number of aryl methyl sites for hydroxylation is 1. The van der Waals surface area contributed by atoms with Crippen LogP contribution in [0.2, 0.25) is 0 Å². The van der Waals surface area contributed by atoms with Gasteiger partial charge in [0, 0.05) is 23.3 Å². The Morgan fingerprint density at radius 1 is 1.24 bits per heavy atom. The normalized spacial score (nSPS) is 15.8. The number of aromatic nitrogens is 2. The summed E-state index contributed by atoms with van der Waals surface area (Å²) in [5.74, 6) is 0. The van der Waals surface area contributed by atoms with Gasteiger partial charge in [0.15, 0.2) is 4.96 Å². The molecular weight excluding hydrogens is 332 g/mol. The maximum Gasteiger partial charge on any atom is 0.258 e. The number of nitrogens with zero attached hydrogens (tertiary/aromatic N) is 3. The Hall–Kier alpha value is -2.18. The first-order valence-corrected chi connectivity index (χ1v) is 9.60. The van der Waals surface area contributed by atoms with Gasteiger partial charge in [-0.05, 0) is 31.0 Å². The topological polar surface area (TPSA) is 42.0 Å². The zero-order chi connectivity index (χ0) is 17.4. The molecule has 4 rings (SSSR count). The van der Waals surface area contributed by atoms with Crippen LogP contribution in [0.15, 0.2) is 40.6 Å². The number of benzene rings is 1. The lowest BCUT2D eigenvalue weighted by molar-refractivity contribution is -0.914. The molecule has 0 bridgehead atoms. The first-order chi connectivity index (χ1) is 12.1. The van der Waals surface area contributed by atoms with Crippen LogP contribution in [-0.4, -0.2) is 35.6 Å². The van der Waals surface area contributed by atoms with Crippen molar-refractivity contribution < 1.29 is 4.90 Å². The summed E-state index contributed by atoms with van der Waals surface area (Å²) in [4.78, 5) is 21.5. The van der Waals surface area contributed by atoms with Crippen LogP contribution in [0.4, 0.5) is 5.69 Å². The van der Waals surface area contributed by atoms with Crippen LogP contribution >= 0.6 is 11.3 Å². The van der Waals surface area contributed by atoms with E-state index in [1.165, 1.54) is 33.1 Å². The summed E-state index contributed by atoms with van der Waals surface area (Å²) in [6, 6.07) is 8.22. The van der Waals surface area contributed by atoms with Crippen molar-refractivity contribution in [2.24, 2.45) is 0 Å². The van der Waals surface area contributed by atoms with Crippen molar-refractivity contribution in [3.8, 4) is 0 Å². The van der Waals surface area contributed by atoms with Crippen LogP contribution in [0.5, 0.6) is 0 Å². The Labute approximate surface area is 151 Å². The summed E-state index contributed by atoms with van der Waals surface area (Å²) in [5.41, 5.74) is 5.01. The van der Waals surface area contributed by atoms with Crippen molar-refractivity contribution in [3.63, 3.8) is 0 Å². The fourth-order valence-corrected chi connectivity index (χ4v) is 4.29. The van der Waals surface area contributed by atoms with Crippen LogP contribution in [-0.2, 0) is 6.54 Å². The fraction of sp³-hybridized carbons (Fsp3) is 0.368. The van der Waals surface area contributed by atoms with E-state index in [-0.39, 0.29) is 5.56 Å². The van der Waals surface area contributed by atoms with Crippen LogP contribution in [0.3, 0.4) is 0 Å². The van der Waals surface area contributed by atoms with Crippen LogP contribution in [0, 0.1) is 13.8 Å². The highest BCUT2D eigenvalue weighted by Crippen LogP contribution is 2.22. The van der Waals surface area contributed by atoms with Gasteiger partial charge in [-0.3, -0.25) is 9.20 Å². The Morgan fingerprint density at radius 2 is 2.04 bits per heavy atom. The zero-order valence-electron chi connectivity index (χ0n) is 14.7. The number of anilines is 1. The molecule has 2 aromatic heterocycles. The third-order valence-corrected chi connectivity index (χ3v) is 5.93. The SMILES string of the molecule is Cc1cccc(N2CC[NH+](Cc3cc(=O)n4ccsc4n3)CC2)c1C. The lowest BCUT2D eigenvalue weighted by Crippen LogP contribution is -3.13. The second-order valence-electron chi connectivity index (χ2n) is 6.77. The van der Waals surface area contributed by atoms with Gasteiger partial charge in [0.25, 0.3) is 5.56 Å². The van der Waals surface area contributed by atoms with E-state index in [0.29, 0.717) is 0 Å². The predicted octanol–water partition coefficient (Wildman–Crippen LogP) is 1.28. The van der Waals surface area contributed by atoms with E-state index in [4.69, 9.17) is 0 Å². The molecule has 0 aliphatic carbocycles. The third-order valence-electron chi connectivity index (χ3n) is 5.17. The van der Waals surface area contributed by atoms with Gasteiger partial charge in [-0.1, -0.05) is 12.1 Å². The van der Waals surface area contributed by atoms with Gasteiger partial charge in [0.05, 0.1) is 26.2 Å². The van der Waals surface area contributed by atoms with Crippen molar-refractivity contribution in [1.29, 1.82) is 0 Å². The van der Waals surface area contributed by atoms with Crippen molar-refractivity contribution in [2.45, 2.75) is 20.4 Å². The van der Waals surface area contributed by atoms with E-state index in [1.807, 2.05) is 5.38 Å². The molecule has 6 heteroatoms. The minimum atomic E-state index is 0.0228. The lowest BCUT2D eigenvalue weighted by atomic mass is 10.1. The molecule has 1 aliphatic rings. The molecule has 3 aromatic rings. The summed E-state index contributed by atoms with van der Waals surface area (Å²) in [5, 5.41) is 1.91. The highest BCUT2D eigenvalue weighted by atomic mass is 32.1. The van der Waals surface area contributed by atoms with E-state index in [0.717, 1.165) is 43.4 Å². The summed E-state index contributed by atoms with van der Waals surface area (Å²) in [7, 11) is 0. The highest BCUT2D eigenvalue weighted by molar-refractivity contribution is 7.15. The summed E-state index contributed by atoms with van der Waals surface area (Å²) in [6.07, 6.45) is 1.79. The molecular formula is C19H23N4OS+. The van der Waals surface area contributed by atoms with Gasteiger partial charge in [0.1, 0.15) is 12.2 Å². The molecule has 1 aliphatic heterocycles.